The van der Waals surface area contributed by atoms with Gasteiger partial charge in [0.15, 0.2) is 0 Å². The molecule has 8 heteroatoms. The monoisotopic (exact) mass is 349 g/mol. The first-order chi connectivity index (χ1) is 11.2. The molecule has 0 saturated carbocycles. The first kappa shape index (κ1) is 16.4. The second-order valence-corrected chi connectivity index (χ2v) is 6.90. The second-order valence-electron chi connectivity index (χ2n) is 5.90. The molecule has 2 aromatic heterocycles. The first-order valence-corrected chi connectivity index (χ1v) is 8.18. The van der Waals surface area contributed by atoms with Gasteiger partial charge in [-0.3, -0.25) is 14.2 Å². The predicted molar refractivity (Wildman–Crippen MR) is 92.0 cm³/mol. The number of thiazole rings is 1. The van der Waals surface area contributed by atoms with E-state index in [1.54, 1.807) is 6.92 Å². The lowest BCUT2D eigenvalue weighted by atomic mass is 10.2. The molecular formula is C16H16FN3O3S. The molecule has 0 spiro atoms. The summed E-state index contributed by atoms with van der Waals surface area (Å²) in [6, 6.07) is 3.73. The summed E-state index contributed by atoms with van der Waals surface area (Å²) in [6.45, 7) is 5.31. The highest BCUT2D eigenvalue weighted by atomic mass is 32.1. The third-order valence-corrected chi connectivity index (χ3v) is 4.92. The Morgan fingerprint density at radius 2 is 1.79 bits per heavy atom. The molecule has 6 nitrogen and oxygen atoms in total. The van der Waals surface area contributed by atoms with Gasteiger partial charge in [-0.1, -0.05) is 11.3 Å². The van der Waals surface area contributed by atoms with E-state index in [1.165, 1.54) is 34.4 Å². The van der Waals surface area contributed by atoms with E-state index in [-0.39, 0.29) is 16.6 Å². The van der Waals surface area contributed by atoms with Crippen molar-refractivity contribution in [1.29, 1.82) is 0 Å². The molecule has 24 heavy (non-hydrogen) atoms. The van der Waals surface area contributed by atoms with Crippen LogP contribution in [0.5, 0.6) is 0 Å². The Morgan fingerprint density at radius 1 is 1.12 bits per heavy atom. The second kappa shape index (κ2) is 5.55. The normalized spacial score (nSPS) is 11.6. The molecule has 2 heterocycles. The van der Waals surface area contributed by atoms with E-state index in [0.29, 0.717) is 15.9 Å². The summed E-state index contributed by atoms with van der Waals surface area (Å²) in [5.41, 5.74) is -0.405. The summed E-state index contributed by atoms with van der Waals surface area (Å²) in [5, 5.41) is 0. The van der Waals surface area contributed by atoms with Crippen LogP contribution in [0.15, 0.2) is 32.6 Å². The van der Waals surface area contributed by atoms with E-state index in [2.05, 4.69) is 0 Å². The van der Waals surface area contributed by atoms with Gasteiger partial charge >= 0.3 is 10.6 Å². The average molecular weight is 349 g/mol. The van der Waals surface area contributed by atoms with Gasteiger partial charge in [0.2, 0.25) is 0 Å². The quantitative estimate of drug-likeness (QED) is 0.710. The van der Waals surface area contributed by atoms with E-state index in [9.17, 15) is 18.8 Å². The maximum atomic E-state index is 14.5. The fourth-order valence-corrected chi connectivity index (χ4v) is 3.68. The lowest BCUT2D eigenvalue weighted by molar-refractivity contribution is 0.599. The van der Waals surface area contributed by atoms with Crippen LogP contribution in [0.1, 0.15) is 25.6 Å². The minimum Gasteiger partial charge on any atom is -0.301 e. The minimum atomic E-state index is -0.720. The van der Waals surface area contributed by atoms with Gasteiger partial charge in [-0.2, -0.15) is 0 Å². The fourth-order valence-electron chi connectivity index (χ4n) is 2.66. The van der Waals surface area contributed by atoms with Crippen molar-refractivity contribution in [2.45, 2.75) is 26.8 Å². The van der Waals surface area contributed by atoms with Gasteiger partial charge in [-0.25, -0.2) is 13.8 Å². The molecule has 0 aliphatic heterocycles. The molecule has 0 bridgehead atoms. The summed E-state index contributed by atoms with van der Waals surface area (Å²) >= 11 is 0.936. The van der Waals surface area contributed by atoms with Gasteiger partial charge in [0.25, 0.3) is 5.56 Å². The lowest BCUT2D eigenvalue weighted by Gasteiger charge is -2.12. The van der Waals surface area contributed by atoms with Crippen LogP contribution in [-0.4, -0.2) is 13.7 Å². The number of rotatable bonds is 2. The maximum Gasteiger partial charge on any atom is 0.335 e. The molecule has 0 unspecified atom stereocenters. The zero-order chi connectivity index (χ0) is 17.8. The van der Waals surface area contributed by atoms with Crippen molar-refractivity contribution in [3.05, 3.63) is 60.2 Å². The van der Waals surface area contributed by atoms with Crippen molar-refractivity contribution in [3.8, 4) is 5.69 Å². The Kier molecular flexibility index (Phi) is 3.79. The van der Waals surface area contributed by atoms with Crippen molar-refractivity contribution >= 4 is 21.6 Å². The summed E-state index contributed by atoms with van der Waals surface area (Å²) in [5.74, 6) is -0.720. The number of aryl methyl sites for hydroxylation is 1. The standard InChI is InChI=1S/C16H16FN3O3S/c1-8(2)19-12-7-11(10(17)6-13(12)24-16(19)23)20-14(21)5-9(3)18(4)15(20)22/h5-8H,1-4H3. The first-order valence-electron chi connectivity index (χ1n) is 7.37. The van der Waals surface area contributed by atoms with Crippen LogP contribution in [0.2, 0.25) is 0 Å². The molecule has 0 saturated heterocycles. The molecule has 0 aliphatic rings. The van der Waals surface area contributed by atoms with Crippen LogP contribution in [0, 0.1) is 12.7 Å². The highest BCUT2D eigenvalue weighted by Gasteiger charge is 2.18. The SMILES string of the molecule is Cc1cc(=O)n(-c2cc3c(cc2F)sc(=O)n3C(C)C)c(=O)n1C. The van der Waals surface area contributed by atoms with Crippen LogP contribution in [0.4, 0.5) is 4.39 Å². The molecule has 0 atom stereocenters. The number of hydrogen-bond donors (Lipinski definition) is 0. The summed E-state index contributed by atoms with van der Waals surface area (Å²) in [7, 11) is 1.51. The molecule has 0 N–H and O–H groups in total. The number of fused-ring (bicyclic) bond motifs is 1. The number of benzene rings is 1. The van der Waals surface area contributed by atoms with Crippen LogP contribution >= 0.6 is 11.3 Å². The van der Waals surface area contributed by atoms with E-state index < -0.39 is 17.1 Å². The average Bonchev–Trinajstić information content (AvgIpc) is 2.80. The molecule has 0 amide bonds. The molecule has 0 fully saturated rings. The molecule has 0 aliphatic carbocycles. The van der Waals surface area contributed by atoms with Gasteiger partial charge < -0.3 is 4.57 Å². The minimum absolute atomic E-state index is 0.123. The van der Waals surface area contributed by atoms with Crippen molar-refractivity contribution in [1.82, 2.24) is 13.7 Å². The van der Waals surface area contributed by atoms with E-state index >= 15 is 0 Å². The number of halogens is 1. The zero-order valence-electron chi connectivity index (χ0n) is 13.7. The van der Waals surface area contributed by atoms with Crippen molar-refractivity contribution in [3.63, 3.8) is 0 Å². The smallest absolute Gasteiger partial charge is 0.301 e. The van der Waals surface area contributed by atoms with E-state index in [0.717, 1.165) is 15.9 Å². The predicted octanol–water partition coefficient (Wildman–Crippen LogP) is 1.94. The van der Waals surface area contributed by atoms with Gasteiger partial charge in [-0.05, 0) is 32.9 Å². The Bertz CT molecular complexity index is 1130. The van der Waals surface area contributed by atoms with Crippen molar-refractivity contribution in [2.75, 3.05) is 0 Å². The van der Waals surface area contributed by atoms with Crippen LogP contribution in [0.25, 0.3) is 15.9 Å². The molecule has 126 valence electrons. The van der Waals surface area contributed by atoms with Crippen LogP contribution in [-0.2, 0) is 7.05 Å². The summed E-state index contributed by atoms with van der Waals surface area (Å²) in [4.78, 5) is 36.5. The summed E-state index contributed by atoms with van der Waals surface area (Å²) < 4.78 is 18.6. The third kappa shape index (κ3) is 2.34. The van der Waals surface area contributed by atoms with Gasteiger partial charge in [0.05, 0.1) is 15.9 Å². The number of nitrogens with zero attached hydrogens (tertiary/aromatic N) is 3. The lowest BCUT2D eigenvalue weighted by Crippen LogP contribution is -2.38. The Labute approximate surface area is 140 Å². The highest BCUT2D eigenvalue weighted by molar-refractivity contribution is 7.16. The van der Waals surface area contributed by atoms with Crippen molar-refractivity contribution < 1.29 is 4.39 Å². The van der Waals surface area contributed by atoms with Crippen molar-refractivity contribution in [2.24, 2.45) is 7.05 Å². The molecule has 3 rings (SSSR count). The maximum absolute atomic E-state index is 14.5. The molecule has 1 aromatic carbocycles. The Morgan fingerprint density at radius 3 is 2.42 bits per heavy atom. The Balaban J connectivity index is 2.45. The molecule has 0 radical (unpaired) electrons. The molecular weight excluding hydrogens is 333 g/mol. The largest absolute Gasteiger partial charge is 0.335 e. The van der Waals surface area contributed by atoms with Gasteiger partial charge in [-0.15, -0.1) is 0 Å². The number of hydrogen-bond acceptors (Lipinski definition) is 4. The van der Waals surface area contributed by atoms with Gasteiger partial charge in [0.1, 0.15) is 5.82 Å². The highest BCUT2D eigenvalue weighted by Crippen LogP contribution is 2.25. The topological polar surface area (TPSA) is 66.0 Å². The third-order valence-electron chi connectivity index (χ3n) is 4.00. The van der Waals surface area contributed by atoms with E-state index in [4.69, 9.17) is 0 Å². The zero-order valence-corrected chi connectivity index (χ0v) is 14.5. The van der Waals surface area contributed by atoms with Gasteiger partial charge in [0, 0.05) is 24.8 Å². The summed E-state index contributed by atoms with van der Waals surface area (Å²) in [6.07, 6.45) is 0. The van der Waals surface area contributed by atoms with Crippen LogP contribution in [0.3, 0.4) is 0 Å². The fraction of sp³-hybridized carbons (Fsp3) is 0.312. The Hall–Kier alpha value is -2.48. The molecule has 3 aromatic rings. The van der Waals surface area contributed by atoms with Crippen LogP contribution < -0.4 is 16.1 Å². The number of aromatic nitrogens is 3. The van der Waals surface area contributed by atoms with E-state index in [1.807, 2.05) is 13.8 Å².